The molecule has 12 nitrogen and oxygen atoms in total. The number of hydrogen-bond donors (Lipinski definition) is 2. The molecule has 0 radical (unpaired) electrons. The zero-order valence-corrected chi connectivity index (χ0v) is 24.4. The maximum atomic E-state index is 13.8. The average molecular weight is 585 g/mol. The van der Waals surface area contributed by atoms with Crippen molar-refractivity contribution in [3.8, 4) is 0 Å². The first-order chi connectivity index (χ1) is 19.6. The summed E-state index contributed by atoms with van der Waals surface area (Å²) in [6, 6.07) is 7.36. The molecule has 2 aromatic rings. The van der Waals surface area contributed by atoms with Gasteiger partial charge in [-0.2, -0.15) is 0 Å². The maximum absolute atomic E-state index is 13.8. The number of nitrogens with one attached hydrogen (secondary N) is 2. The SMILES string of the molecule is CC(C)CC[C@H](NC(=O)C1(NC(=O)c2ccccc2)CCCCC1)C(=O)c1nnc(SCN2C(=O)CN(C)C2=O)o1. The van der Waals surface area contributed by atoms with E-state index in [1.54, 1.807) is 24.3 Å². The molecule has 1 aliphatic heterocycles. The first-order valence-electron chi connectivity index (χ1n) is 13.8. The van der Waals surface area contributed by atoms with Crippen LogP contribution in [-0.4, -0.2) is 80.6 Å². The molecule has 41 heavy (non-hydrogen) atoms. The number of amides is 5. The number of rotatable bonds is 12. The predicted octanol–water partition coefficient (Wildman–Crippen LogP) is 3.25. The van der Waals surface area contributed by atoms with E-state index in [9.17, 15) is 24.0 Å². The Morgan fingerprint density at radius 2 is 1.76 bits per heavy atom. The van der Waals surface area contributed by atoms with Crippen LogP contribution in [0.5, 0.6) is 0 Å². The number of urea groups is 1. The summed E-state index contributed by atoms with van der Waals surface area (Å²) in [5.41, 5.74) is -0.683. The average Bonchev–Trinajstić information content (AvgIpc) is 3.53. The van der Waals surface area contributed by atoms with Crippen LogP contribution in [0.4, 0.5) is 4.79 Å². The summed E-state index contributed by atoms with van der Waals surface area (Å²) < 4.78 is 5.57. The molecule has 1 aliphatic carbocycles. The van der Waals surface area contributed by atoms with Gasteiger partial charge in [0.15, 0.2) is 0 Å². The molecule has 220 valence electrons. The number of nitrogens with zero attached hydrogens (tertiary/aromatic N) is 4. The highest BCUT2D eigenvalue weighted by Crippen LogP contribution is 2.30. The molecule has 0 bridgehead atoms. The summed E-state index contributed by atoms with van der Waals surface area (Å²) in [5.74, 6) is -1.66. The Morgan fingerprint density at radius 3 is 2.39 bits per heavy atom. The van der Waals surface area contributed by atoms with Crippen LogP contribution in [0.3, 0.4) is 0 Å². The number of imide groups is 1. The normalized spacial score (nSPS) is 17.6. The van der Waals surface area contributed by atoms with Gasteiger partial charge in [-0.25, -0.2) is 4.79 Å². The van der Waals surface area contributed by atoms with E-state index >= 15 is 0 Å². The van der Waals surface area contributed by atoms with Gasteiger partial charge >= 0.3 is 6.03 Å². The van der Waals surface area contributed by atoms with Gasteiger partial charge in [-0.05, 0) is 55.5 Å². The molecule has 1 aromatic heterocycles. The van der Waals surface area contributed by atoms with Crippen LogP contribution >= 0.6 is 11.8 Å². The number of carbonyl (C=O) groups is 5. The minimum atomic E-state index is -1.14. The maximum Gasteiger partial charge on any atom is 0.327 e. The van der Waals surface area contributed by atoms with Gasteiger partial charge in [0.2, 0.25) is 11.7 Å². The fourth-order valence-electron chi connectivity index (χ4n) is 4.94. The summed E-state index contributed by atoms with van der Waals surface area (Å²) >= 11 is 0.966. The molecule has 0 spiro atoms. The first kappa shape index (κ1) is 30.2. The number of Topliss-reactive ketones (excluding diaryl/α,β-unsaturated/α-hetero) is 1. The highest BCUT2D eigenvalue weighted by Gasteiger charge is 2.43. The van der Waals surface area contributed by atoms with Gasteiger partial charge in [0.05, 0.1) is 11.9 Å². The topological polar surface area (TPSA) is 155 Å². The molecule has 1 saturated heterocycles. The predicted molar refractivity (Wildman–Crippen MR) is 150 cm³/mol. The third-order valence-corrected chi connectivity index (χ3v) is 8.15. The molecule has 2 fully saturated rings. The zero-order chi connectivity index (χ0) is 29.6. The summed E-state index contributed by atoms with van der Waals surface area (Å²) in [5, 5.41) is 13.7. The zero-order valence-electron chi connectivity index (χ0n) is 23.6. The standard InChI is InChI=1S/C28H36N6O6S/c1-18(2)12-13-20(22(36)24-31-32-26(40-24)41-17-34-21(35)16-33(3)27(34)39)29-25(38)28(14-8-5-9-15-28)30-23(37)19-10-6-4-7-11-19/h4,6-7,10-11,18,20H,5,8-9,12-17H2,1-3H3,(H,29,38)(H,30,37)/t20-/m0/s1. The molecule has 2 N–H and O–H groups in total. The quantitative estimate of drug-likeness (QED) is 0.217. The lowest BCUT2D eigenvalue weighted by Crippen LogP contribution is -2.62. The Labute approximate surface area is 243 Å². The summed E-state index contributed by atoms with van der Waals surface area (Å²) in [7, 11) is 1.53. The van der Waals surface area contributed by atoms with Gasteiger partial charge in [0.25, 0.3) is 22.9 Å². The van der Waals surface area contributed by atoms with Crippen LogP contribution in [-0.2, 0) is 9.59 Å². The molecule has 4 rings (SSSR count). The van der Waals surface area contributed by atoms with Crippen LogP contribution < -0.4 is 10.6 Å². The van der Waals surface area contributed by atoms with E-state index in [0.29, 0.717) is 31.2 Å². The summed E-state index contributed by atoms with van der Waals surface area (Å²) in [6.07, 6.45) is 4.44. The Kier molecular flexibility index (Phi) is 9.79. The van der Waals surface area contributed by atoms with Crippen molar-refractivity contribution in [3.63, 3.8) is 0 Å². The van der Waals surface area contributed by atoms with E-state index in [1.807, 2.05) is 19.9 Å². The van der Waals surface area contributed by atoms with Crippen molar-refractivity contribution in [1.82, 2.24) is 30.6 Å². The molecular weight excluding hydrogens is 548 g/mol. The summed E-state index contributed by atoms with van der Waals surface area (Å²) in [6.45, 7) is 4.04. The van der Waals surface area contributed by atoms with E-state index in [0.717, 1.165) is 35.9 Å². The Bertz CT molecular complexity index is 1280. The molecule has 5 amide bonds. The molecule has 13 heteroatoms. The van der Waals surface area contributed by atoms with E-state index in [1.165, 1.54) is 11.9 Å². The molecule has 0 unspecified atom stereocenters. The number of likely N-dealkylation sites (N-methyl/N-ethyl adjacent to an activating group) is 1. The van der Waals surface area contributed by atoms with Crippen LogP contribution in [0, 0.1) is 5.92 Å². The minimum Gasteiger partial charge on any atom is -0.408 e. The monoisotopic (exact) mass is 584 g/mol. The van der Waals surface area contributed by atoms with E-state index in [4.69, 9.17) is 4.42 Å². The van der Waals surface area contributed by atoms with Crippen molar-refractivity contribution in [2.75, 3.05) is 19.5 Å². The highest BCUT2D eigenvalue weighted by atomic mass is 32.2. The van der Waals surface area contributed by atoms with Crippen molar-refractivity contribution < 1.29 is 28.4 Å². The van der Waals surface area contributed by atoms with Gasteiger partial charge in [-0.3, -0.25) is 24.1 Å². The molecule has 2 heterocycles. The molecule has 1 aromatic carbocycles. The smallest absolute Gasteiger partial charge is 0.327 e. The van der Waals surface area contributed by atoms with Gasteiger partial charge in [0.1, 0.15) is 12.1 Å². The second kappa shape index (κ2) is 13.3. The molecule has 1 atom stereocenters. The molecule has 2 aliphatic rings. The van der Waals surface area contributed by atoms with Crippen molar-refractivity contribution in [3.05, 3.63) is 41.8 Å². The van der Waals surface area contributed by atoms with Crippen LogP contribution in [0.25, 0.3) is 0 Å². The Morgan fingerprint density at radius 1 is 1.05 bits per heavy atom. The number of hydrogen-bond acceptors (Lipinski definition) is 9. The van der Waals surface area contributed by atoms with Crippen molar-refractivity contribution in [1.29, 1.82) is 0 Å². The minimum absolute atomic E-state index is 0.00249. The lowest BCUT2D eigenvalue weighted by atomic mass is 9.80. The Balaban J connectivity index is 1.47. The second-order valence-corrected chi connectivity index (χ2v) is 11.8. The summed E-state index contributed by atoms with van der Waals surface area (Å²) in [4.78, 5) is 66.8. The van der Waals surface area contributed by atoms with Crippen molar-refractivity contribution in [2.24, 2.45) is 5.92 Å². The second-order valence-electron chi connectivity index (χ2n) is 10.9. The van der Waals surface area contributed by atoms with E-state index < -0.39 is 29.3 Å². The first-order valence-corrected chi connectivity index (χ1v) is 14.8. The highest BCUT2D eigenvalue weighted by molar-refractivity contribution is 7.99. The number of carbonyl (C=O) groups excluding carboxylic acids is 5. The van der Waals surface area contributed by atoms with Crippen LogP contribution in [0.2, 0.25) is 0 Å². The van der Waals surface area contributed by atoms with Crippen LogP contribution in [0.1, 0.15) is 79.8 Å². The number of aromatic nitrogens is 2. The van der Waals surface area contributed by atoms with Gasteiger partial charge in [0, 0.05) is 12.6 Å². The Hall–Kier alpha value is -3.74. The molecule has 1 saturated carbocycles. The van der Waals surface area contributed by atoms with Gasteiger partial charge in [-0.1, -0.05) is 51.3 Å². The van der Waals surface area contributed by atoms with Gasteiger partial charge in [-0.15, -0.1) is 10.2 Å². The number of ketones is 1. The van der Waals surface area contributed by atoms with Gasteiger partial charge < -0.3 is 20.0 Å². The van der Waals surface area contributed by atoms with Crippen molar-refractivity contribution in [2.45, 2.75) is 75.6 Å². The number of benzene rings is 1. The van der Waals surface area contributed by atoms with Crippen LogP contribution in [0.15, 0.2) is 40.0 Å². The fraction of sp³-hybridized carbons (Fsp3) is 0.536. The number of thioether (sulfide) groups is 1. The third kappa shape index (κ3) is 7.32. The molecular formula is C28H36N6O6S. The van der Waals surface area contributed by atoms with E-state index in [-0.39, 0.29) is 41.3 Å². The fourth-order valence-corrected chi connectivity index (χ4v) is 5.67. The lowest BCUT2D eigenvalue weighted by molar-refractivity contribution is -0.129. The largest absolute Gasteiger partial charge is 0.408 e. The van der Waals surface area contributed by atoms with Crippen molar-refractivity contribution >= 4 is 41.3 Å². The van der Waals surface area contributed by atoms with E-state index in [2.05, 4.69) is 20.8 Å². The lowest BCUT2D eigenvalue weighted by Gasteiger charge is -2.37. The third-order valence-electron chi connectivity index (χ3n) is 7.35.